The minimum Gasteiger partial charge on any atom is -0.404 e. The first kappa shape index (κ1) is 21.2. The lowest BCUT2D eigenvalue weighted by Crippen LogP contribution is -2.39. The standard InChI is InChI=1S/C18H18N5O7P/c19-9-18(11-6-13-17(20)21-10-22-23(13)7-11)16(25)15(24)14(29-18)8-28-31(26,27)30-12-4-2-1-3-5-12/h1-7,10,14-16,24-25H,8H2,(H,26,27)(H2,20,21,22). The highest BCUT2D eigenvalue weighted by Crippen LogP contribution is 2.46. The number of anilines is 1. The minimum atomic E-state index is -4.56. The van der Waals surface area contributed by atoms with Gasteiger partial charge in [0.15, 0.2) is 5.82 Å². The van der Waals surface area contributed by atoms with E-state index in [4.69, 9.17) is 19.5 Å². The zero-order valence-corrected chi connectivity index (χ0v) is 16.7. The van der Waals surface area contributed by atoms with Crippen molar-refractivity contribution in [3.8, 4) is 11.8 Å². The number of nitrogens with two attached hydrogens (primary N) is 1. The second-order valence-corrected chi connectivity index (χ2v) is 8.19. The van der Waals surface area contributed by atoms with Crippen LogP contribution in [0.1, 0.15) is 5.56 Å². The quantitative estimate of drug-likeness (QED) is 0.382. The molecule has 1 aromatic carbocycles. The van der Waals surface area contributed by atoms with Crippen LogP contribution in [0.3, 0.4) is 0 Å². The molecule has 31 heavy (non-hydrogen) atoms. The van der Waals surface area contributed by atoms with Gasteiger partial charge in [0, 0.05) is 11.8 Å². The Kier molecular flexibility index (Phi) is 5.40. The van der Waals surface area contributed by atoms with Crippen LogP contribution in [0, 0.1) is 11.3 Å². The smallest absolute Gasteiger partial charge is 0.404 e. The van der Waals surface area contributed by atoms with Gasteiger partial charge >= 0.3 is 7.82 Å². The first-order valence-corrected chi connectivity index (χ1v) is 10.5. The third kappa shape index (κ3) is 3.86. The molecule has 0 radical (unpaired) electrons. The van der Waals surface area contributed by atoms with Crippen molar-refractivity contribution in [1.29, 1.82) is 5.26 Å². The molecule has 5 unspecified atom stereocenters. The Hall–Kier alpha value is -3.04. The maximum absolute atomic E-state index is 12.2. The Labute approximate surface area is 175 Å². The number of benzene rings is 1. The number of hydrogen-bond acceptors (Lipinski definition) is 10. The molecule has 0 spiro atoms. The first-order valence-electron chi connectivity index (χ1n) is 9.02. The molecule has 0 amide bonds. The molecule has 4 rings (SSSR count). The van der Waals surface area contributed by atoms with Crippen molar-refractivity contribution >= 4 is 19.2 Å². The molecule has 0 aliphatic carbocycles. The van der Waals surface area contributed by atoms with E-state index in [2.05, 4.69) is 10.1 Å². The van der Waals surface area contributed by atoms with Crippen LogP contribution < -0.4 is 10.3 Å². The van der Waals surface area contributed by atoms with Crippen LogP contribution in [0.15, 0.2) is 48.9 Å². The Morgan fingerprint density at radius 2 is 2.10 bits per heavy atom. The van der Waals surface area contributed by atoms with Gasteiger partial charge in [-0.1, -0.05) is 18.2 Å². The molecule has 5 atom stereocenters. The van der Waals surface area contributed by atoms with Gasteiger partial charge in [0.25, 0.3) is 0 Å². The average Bonchev–Trinajstić information content (AvgIpc) is 3.29. The van der Waals surface area contributed by atoms with Crippen LogP contribution in [0.2, 0.25) is 0 Å². The predicted octanol–water partition coefficient (Wildman–Crippen LogP) is 0.347. The largest absolute Gasteiger partial charge is 0.527 e. The Morgan fingerprint density at radius 1 is 1.35 bits per heavy atom. The van der Waals surface area contributed by atoms with Crippen molar-refractivity contribution in [2.24, 2.45) is 0 Å². The van der Waals surface area contributed by atoms with Crippen LogP contribution in [-0.2, 0) is 19.4 Å². The third-order valence-electron chi connectivity index (χ3n) is 4.85. The minimum absolute atomic E-state index is 0.104. The summed E-state index contributed by atoms with van der Waals surface area (Å²) in [5.41, 5.74) is 4.35. The van der Waals surface area contributed by atoms with E-state index < -0.39 is 38.3 Å². The van der Waals surface area contributed by atoms with E-state index in [1.165, 1.54) is 35.2 Å². The zero-order valence-electron chi connectivity index (χ0n) is 15.8. The van der Waals surface area contributed by atoms with E-state index in [9.17, 15) is 24.9 Å². The summed E-state index contributed by atoms with van der Waals surface area (Å²) < 4.78 is 29.0. The van der Waals surface area contributed by atoms with Gasteiger partial charge in [-0.3, -0.25) is 9.42 Å². The second-order valence-electron chi connectivity index (χ2n) is 6.81. The number of nitrogens with zero attached hydrogens (tertiary/aromatic N) is 4. The SMILES string of the molecule is N#CC1(c2cc3c(N)ncnn3c2)OC(COP(=O)(O)Oc2ccccc2)C(O)C1O. The molecule has 3 aromatic rings. The highest BCUT2D eigenvalue weighted by Gasteiger charge is 2.57. The van der Waals surface area contributed by atoms with Crippen molar-refractivity contribution in [3.05, 3.63) is 54.5 Å². The zero-order chi connectivity index (χ0) is 22.2. The predicted molar refractivity (Wildman–Crippen MR) is 104 cm³/mol. The number of aromatic nitrogens is 3. The van der Waals surface area contributed by atoms with Crippen molar-refractivity contribution in [2.45, 2.75) is 23.9 Å². The molecule has 1 saturated heterocycles. The van der Waals surface area contributed by atoms with Crippen LogP contribution in [0.4, 0.5) is 5.82 Å². The summed E-state index contributed by atoms with van der Waals surface area (Å²) >= 11 is 0. The molecule has 1 fully saturated rings. The van der Waals surface area contributed by atoms with E-state index >= 15 is 0 Å². The van der Waals surface area contributed by atoms with Crippen molar-refractivity contribution in [3.63, 3.8) is 0 Å². The Morgan fingerprint density at radius 3 is 2.77 bits per heavy atom. The number of phosphoric ester groups is 1. The summed E-state index contributed by atoms with van der Waals surface area (Å²) in [6.07, 6.45) is -1.96. The fourth-order valence-corrected chi connectivity index (χ4v) is 4.09. The number of aliphatic hydroxyl groups is 2. The monoisotopic (exact) mass is 447 g/mol. The lowest BCUT2D eigenvalue weighted by molar-refractivity contribution is -0.0601. The topological polar surface area (TPSA) is 185 Å². The highest BCUT2D eigenvalue weighted by atomic mass is 31.2. The maximum Gasteiger partial charge on any atom is 0.527 e. The van der Waals surface area contributed by atoms with Crippen LogP contribution in [0.5, 0.6) is 5.75 Å². The van der Waals surface area contributed by atoms with E-state index in [1.807, 2.05) is 6.07 Å². The van der Waals surface area contributed by atoms with Gasteiger partial charge in [-0.2, -0.15) is 10.4 Å². The molecule has 13 heteroatoms. The number of fused-ring (bicyclic) bond motifs is 1. The summed E-state index contributed by atoms with van der Waals surface area (Å²) in [5, 5.41) is 34.8. The number of ether oxygens (including phenoxy) is 1. The fourth-order valence-electron chi connectivity index (χ4n) is 3.31. The van der Waals surface area contributed by atoms with Crippen LogP contribution >= 0.6 is 7.82 Å². The van der Waals surface area contributed by atoms with Crippen molar-refractivity contribution < 1.29 is 33.5 Å². The second kappa shape index (κ2) is 7.90. The van der Waals surface area contributed by atoms with Crippen LogP contribution in [0.25, 0.3) is 5.52 Å². The summed E-state index contributed by atoms with van der Waals surface area (Å²) in [5.74, 6) is 0.244. The van der Waals surface area contributed by atoms with Gasteiger partial charge in [-0.25, -0.2) is 14.1 Å². The number of aliphatic hydroxyl groups excluding tert-OH is 2. The third-order valence-corrected chi connectivity index (χ3v) is 5.77. The molecular formula is C18H18N5O7P. The van der Waals surface area contributed by atoms with Gasteiger partial charge in [0.1, 0.15) is 42.0 Å². The fraction of sp³-hybridized carbons (Fsp3) is 0.278. The lowest BCUT2D eigenvalue weighted by Gasteiger charge is -2.23. The summed E-state index contributed by atoms with van der Waals surface area (Å²) in [4.78, 5) is 13.8. The highest BCUT2D eigenvalue weighted by molar-refractivity contribution is 7.47. The van der Waals surface area contributed by atoms with E-state index in [0.29, 0.717) is 5.52 Å². The Balaban J connectivity index is 1.54. The van der Waals surface area contributed by atoms with Gasteiger partial charge in [0.2, 0.25) is 5.60 Å². The van der Waals surface area contributed by atoms with E-state index in [-0.39, 0.29) is 17.1 Å². The molecular weight excluding hydrogens is 429 g/mol. The van der Waals surface area contributed by atoms with Gasteiger partial charge in [0.05, 0.1) is 6.61 Å². The Bertz CT molecular complexity index is 1180. The van der Waals surface area contributed by atoms with Crippen molar-refractivity contribution in [1.82, 2.24) is 14.6 Å². The molecule has 162 valence electrons. The maximum atomic E-state index is 12.2. The van der Waals surface area contributed by atoms with Crippen LogP contribution in [-0.4, -0.2) is 54.6 Å². The normalized spacial score (nSPS) is 27.6. The van der Waals surface area contributed by atoms with Gasteiger partial charge in [-0.15, -0.1) is 0 Å². The first-order chi connectivity index (χ1) is 14.8. The number of nitriles is 1. The van der Waals surface area contributed by atoms with E-state index in [0.717, 1.165) is 0 Å². The number of phosphoric acid groups is 1. The number of hydrogen-bond donors (Lipinski definition) is 4. The summed E-state index contributed by atoms with van der Waals surface area (Å²) in [7, 11) is -4.56. The number of nitrogen functional groups attached to an aromatic ring is 1. The summed E-state index contributed by atoms with van der Waals surface area (Å²) in [6, 6.07) is 11.2. The number of para-hydroxylation sites is 1. The molecule has 2 aromatic heterocycles. The van der Waals surface area contributed by atoms with E-state index in [1.54, 1.807) is 18.2 Å². The molecule has 5 N–H and O–H groups in total. The molecule has 1 aliphatic heterocycles. The average molecular weight is 447 g/mol. The molecule has 0 bridgehead atoms. The molecule has 12 nitrogen and oxygen atoms in total. The molecule has 3 heterocycles. The number of rotatable bonds is 6. The molecule has 1 aliphatic rings. The lowest BCUT2D eigenvalue weighted by atomic mass is 9.90. The van der Waals surface area contributed by atoms with Gasteiger partial charge < -0.3 is 25.2 Å². The molecule has 0 saturated carbocycles. The van der Waals surface area contributed by atoms with Crippen molar-refractivity contribution in [2.75, 3.05) is 12.3 Å². The summed E-state index contributed by atoms with van der Waals surface area (Å²) in [6.45, 7) is -0.627. The van der Waals surface area contributed by atoms with Gasteiger partial charge in [-0.05, 0) is 18.2 Å².